The van der Waals surface area contributed by atoms with E-state index in [1.807, 2.05) is 0 Å². The minimum Gasteiger partial charge on any atom is -0.0809 e. The fourth-order valence-corrected chi connectivity index (χ4v) is 1.78. The third kappa shape index (κ3) is 1.29. The lowest BCUT2D eigenvalue weighted by atomic mass is 9.91. The molecule has 1 aromatic carbocycles. The molecule has 1 aromatic rings. The largest absolute Gasteiger partial charge is 0.0809 e. The summed E-state index contributed by atoms with van der Waals surface area (Å²) in [5.41, 5.74) is 5.91. The summed E-state index contributed by atoms with van der Waals surface area (Å²) in [5, 5.41) is 0. The minimum atomic E-state index is 1.13. The van der Waals surface area contributed by atoms with Gasteiger partial charge in [-0.1, -0.05) is 35.4 Å². The second kappa shape index (κ2) is 2.78. The van der Waals surface area contributed by atoms with E-state index in [1.165, 1.54) is 22.3 Å². The predicted molar refractivity (Wildman–Crippen MR) is 52.3 cm³/mol. The molecule has 0 unspecified atom stereocenters. The molecule has 0 radical (unpaired) electrons. The van der Waals surface area contributed by atoms with Crippen LogP contribution in [0.1, 0.15) is 23.6 Å². The Morgan fingerprint density at radius 1 is 1.08 bits per heavy atom. The van der Waals surface area contributed by atoms with Crippen molar-refractivity contribution in [1.82, 2.24) is 0 Å². The lowest BCUT2D eigenvalue weighted by Crippen LogP contribution is -2.01. The van der Waals surface area contributed by atoms with Crippen LogP contribution >= 0.6 is 0 Å². The molecule has 0 aliphatic heterocycles. The van der Waals surface area contributed by atoms with Gasteiger partial charge in [0, 0.05) is 0 Å². The zero-order valence-electron chi connectivity index (χ0n) is 7.72. The molecule has 0 saturated carbocycles. The van der Waals surface area contributed by atoms with Gasteiger partial charge in [0.1, 0.15) is 0 Å². The molecule has 0 N–H and O–H groups in total. The molecule has 2 rings (SSSR count). The zero-order chi connectivity index (χ0) is 8.55. The van der Waals surface area contributed by atoms with Crippen LogP contribution in [0.2, 0.25) is 0 Å². The molecule has 0 heterocycles. The average molecular weight is 158 g/mol. The Morgan fingerprint density at radius 2 is 1.92 bits per heavy atom. The second-order valence-corrected chi connectivity index (χ2v) is 3.70. The molecule has 0 nitrogen and oxygen atoms in total. The lowest BCUT2D eigenvalue weighted by Gasteiger charge is -2.14. The van der Waals surface area contributed by atoms with Gasteiger partial charge in [-0.25, -0.2) is 0 Å². The predicted octanol–water partition coefficient (Wildman–Crippen LogP) is 3.04. The molecule has 0 amide bonds. The Bertz CT molecular complexity index is 332. The number of hydrogen-bond donors (Lipinski definition) is 0. The van der Waals surface area contributed by atoms with Gasteiger partial charge in [0.2, 0.25) is 0 Å². The van der Waals surface area contributed by atoms with Crippen LogP contribution < -0.4 is 0 Å². The highest BCUT2D eigenvalue weighted by molar-refractivity contribution is 5.38. The molecule has 0 saturated heterocycles. The molecular weight excluding hydrogens is 144 g/mol. The molecule has 0 aromatic heterocycles. The highest BCUT2D eigenvalue weighted by Gasteiger charge is 2.07. The highest BCUT2D eigenvalue weighted by atomic mass is 14.1. The van der Waals surface area contributed by atoms with E-state index in [9.17, 15) is 0 Å². The van der Waals surface area contributed by atoms with Crippen molar-refractivity contribution < 1.29 is 0 Å². The highest BCUT2D eigenvalue weighted by Crippen LogP contribution is 2.21. The Labute approximate surface area is 73.9 Å². The summed E-state index contributed by atoms with van der Waals surface area (Å²) in [6.07, 6.45) is 4.61. The monoisotopic (exact) mass is 158 g/mol. The number of aryl methyl sites for hydroxylation is 1. The summed E-state index contributed by atoms with van der Waals surface area (Å²) in [7, 11) is 0. The topological polar surface area (TPSA) is 0 Å². The van der Waals surface area contributed by atoms with E-state index in [1.54, 1.807) is 0 Å². The third-order valence-electron chi connectivity index (χ3n) is 2.50. The van der Waals surface area contributed by atoms with Crippen molar-refractivity contribution in [2.24, 2.45) is 0 Å². The summed E-state index contributed by atoms with van der Waals surface area (Å²) >= 11 is 0. The lowest BCUT2D eigenvalue weighted by molar-refractivity contribution is 1.01. The van der Waals surface area contributed by atoms with Crippen LogP contribution in [-0.4, -0.2) is 0 Å². The second-order valence-electron chi connectivity index (χ2n) is 3.70. The molecule has 0 fully saturated rings. The van der Waals surface area contributed by atoms with Crippen molar-refractivity contribution in [2.75, 3.05) is 0 Å². The van der Waals surface area contributed by atoms with E-state index in [4.69, 9.17) is 0 Å². The standard InChI is InChI=1S/C12H14/c1-9-3-5-11-6-4-10(2)8-12(11)7-9/h3-5,7H,6,8H2,1-2H3. The Hall–Kier alpha value is -1.04. The Kier molecular flexibility index (Phi) is 1.76. The molecule has 0 spiro atoms. The van der Waals surface area contributed by atoms with Gasteiger partial charge >= 0.3 is 0 Å². The van der Waals surface area contributed by atoms with Crippen molar-refractivity contribution in [2.45, 2.75) is 26.7 Å². The Morgan fingerprint density at radius 3 is 2.75 bits per heavy atom. The fourth-order valence-electron chi connectivity index (χ4n) is 1.78. The molecule has 12 heavy (non-hydrogen) atoms. The fraction of sp³-hybridized carbons (Fsp3) is 0.333. The Balaban J connectivity index is 2.43. The maximum Gasteiger partial charge on any atom is -0.00668 e. The number of hydrogen-bond acceptors (Lipinski definition) is 0. The van der Waals surface area contributed by atoms with Crippen LogP contribution in [0.3, 0.4) is 0 Å². The normalized spacial score (nSPS) is 15.3. The van der Waals surface area contributed by atoms with E-state index in [2.05, 4.69) is 38.1 Å². The van der Waals surface area contributed by atoms with E-state index in [0.29, 0.717) is 0 Å². The van der Waals surface area contributed by atoms with Crippen LogP contribution in [0.5, 0.6) is 0 Å². The summed E-state index contributed by atoms with van der Waals surface area (Å²) in [6, 6.07) is 6.77. The first-order valence-electron chi connectivity index (χ1n) is 4.50. The van der Waals surface area contributed by atoms with Crippen molar-refractivity contribution in [3.8, 4) is 0 Å². The van der Waals surface area contributed by atoms with Crippen LogP contribution in [-0.2, 0) is 12.8 Å². The van der Waals surface area contributed by atoms with Crippen molar-refractivity contribution in [3.63, 3.8) is 0 Å². The number of rotatable bonds is 0. The molecular formula is C12H14. The van der Waals surface area contributed by atoms with Gasteiger partial charge in [0.05, 0.1) is 0 Å². The van der Waals surface area contributed by atoms with Gasteiger partial charge in [-0.15, -0.1) is 0 Å². The van der Waals surface area contributed by atoms with Gasteiger partial charge in [-0.05, 0) is 37.8 Å². The summed E-state index contributed by atoms with van der Waals surface area (Å²) in [4.78, 5) is 0. The molecule has 1 aliphatic carbocycles. The SMILES string of the molecule is CC1=CCc2ccc(C)cc2C1. The number of fused-ring (bicyclic) bond motifs is 1. The summed E-state index contributed by atoms with van der Waals surface area (Å²) in [5.74, 6) is 0. The van der Waals surface area contributed by atoms with Crippen molar-refractivity contribution in [1.29, 1.82) is 0 Å². The maximum absolute atomic E-state index is 2.33. The van der Waals surface area contributed by atoms with Gasteiger partial charge in [0.25, 0.3) is 0 Å². The molecule has 0 heteroatoms. The summed E-state index contributed by atoms with van der Waals surface area (Å²) in [6.45, 7) is 4.37. The molecule has 0 atom stereocenters. The van der Waals surface area contributed by atoms with Crippen molar-refractivity contribution in [3.05, 3.63) is 46.5 Å². The van der Waals surface area contributed by atoms with Crippen molar-refractivity contribution >= 4 is 0 Å². The van der Waals surface area contributed by atoms with E-state index in [-0.39, 0.29) is 0 Å². The maximum atomic E-state index is 2.33. The van der Waals surface area contributed by atoms with E-state index < -0.39 is 0 Å². The smallest absolute Gasteiger partial charge is 0.00668 e. The van der Waals surface area contributed by atoms with Gasteiger partial charge < -0.3 is 0 Å². The van der Waals surface area contributed by atoms with Crippen LogP contribution in [0, 0.1) is 6.92 Å². The first-order chi connectivity index (χ1) is 5.75. The first-order valence-corrected chi connectivity index (χ1v) is 4.50. The third-order valence-corrected chi connectivity index (χ3v) is 2.50. The zero-order valence-corrected chi connectivity index (χ0v) is 7.72. The first kappa shape index (κ1) is 7.60. The quantitative estimate of drug-likeness (QED) is 0.509. The minimum absolute atomic E-state index is 1.13. The van der Waals surface area contributed by atoms with E-state index in [0.717, 1.165) is 12.8 Å². The molecule has 1 aliphatic rings. The number of benzene rings is 1. The van der Waals surface area contributed by atoms with Gasteiger partial charge in [-0.3, -0.25) is 0 Å². The van der Waals surface area contributed by atoms with Crippen LogP contribution in [0.25, 0.3) is 0 Å². The average Bonchev–Trinajstić information content (AvgIpc) is 2.03. The summed E-state index contributed by atoms with van der Waals surface area (Å²) < 4.78 is 0. The van der Waals surface area contributed by atoms with Gasteiger partial charge in [0.15, 0.2) is 0 Å². The molecule has 0 bridgehead atoms. The molecule has 62 valence electrons. The van der Waals surface area contributed by atoms with Crippen LogP contribution in [0.15, 0.2) is 29.8 Å². The van der Waals surface area contributed by atoms with Gasteiger partial charge in [-0.2, -0.15) is 0 Å². The van der Waals surface area contributed by atoms with Crippen LogP contribution in [0.4, 0.5) is 0 Å². The number of allylic oxidation sites excluding steroid dienone is 2. The van der Waals surface area contributed by atoms with E-state index >= 15 is 0 Å².